The Kier molecular flexibility index (Phi) is 3.70. The molecule has 110 valence electrons. The molecule has 3 N–H and O–H groups in total. The van der Waals surface area contributed by atoms with Crippen LogP contribution in [0.3, 0.4) is 0 Å². The van der Waals surface area contributed by atoms with Crippen molar-refractivity contribution in [2.45, 2.75) is 19.4 Å². The number of anilines is 1. The maximum absolute atomic E-state index is 12.4. The molecule has 3 rings (SSSR count). The van der Waals surface area contributed by atoms with Crippen LogP contribution >= 0.6 is 11.3 Å². The minimum absolute atomic E-state index is 0.0117. The van der Waals surface area contributed by atoms with Gasteiger partial charge in [-0.2, -0.15) is 0 Å². The highest BCUT2D eigenvalue weighted by molar-refractivity contribution is 7.10. The largest absolute Gasteiger partial charge is 0.454 e. The van der Waals surface area contributed by atoms with Gasteiger partial charge < -0.3 is 20.5 Å². The van der Waals surface area contributed by atoms with Crippen LogP contribution in [0.1, 0.15) is 34.6 Å². The van der Waals surface area contributed by atoms with E-state index in [1.165, 1.54) is 0 Å². The smallest absolute Gasteiger partial charge is 0.254 e. The minimum Gasteiger partial charge on any atom is -0.454 e. The van der Waals surface area contributed by atoms with Crippen LogP contribution < -0.4 is 20.5 Å². The predicted molar refractivity (Wildman–Crippen MR) is 81.8 cm³/mol. The number of carbonyl (C=O) groups is 1. The number of carbonyl (C=O) groups excluding carboxylic acids is 1. The Bertz CT molecular complexity index is 655. The second-order valence-corrected chi connectivity index (χ2v) is 5.72. The molecule has 21 heavy (non-hydrogen) atoms. The number of rotatable bonds is 4. The maximum atomic E-state index is 12.4. The van der Waals surface area contributed by atoms with Crippen molar-refractivity contribution in [3.8, 4) is 11.5 Å². The molecule has 0 fully saturated rings. The highest BCUT2D eigenvalue weighted by Crippen LogP contribution is 2.36. The molecule has 1 amide bonds. The van der Waals surface area contributed by atoms with Crippen molar-refractivity contribution in [2.24, 2.45) is 0 Å². The third-order valence-corrected chi connectivity index (χ3v) is 4.38. The Morgan fingerprint density at radius 2 is 2.19 bits per heavy atom. The van der Waals surface area contributed by atoms with Gasteiger partial charge in [-0.05, 0) is 23.9 Å². The average molecular weight is 304 g/mol. The summed E-state index contributed by atoms with van der Waals surface area (Å²) < 4.78 is 10.5. The molecule has 0 spiro atoms. The third-order valence-electron chi connectivity index (χ3n) is 3.39. The average Bonchev–Trinajstić information content (AvgIpc) is 3.14. The van der Waals surface area contributed by atoms with Crippen molar-refractivity contribution in [1.82, 2.24) is 5.32 Å². The molecule has 0 aliphatic carbocycles. The first kappa shape index (κ1) is 13.8. The van der Waals surface area contributed by atoms with E-state index in [2.05, 4.69) is 5.32 Å². The predicted octanol–water partition coefficient (Wildman–Crippen LogP) is 2.94. The van der Waals surface area contributed by atoms with E-state index in [-0.39, 0.29) is 18.7 Å². The fourth-order valence-electron chi connectivity index (χ4n) is 2.25. The molecule has 2 aromatic rings. The van der Waals surface area contributed by atoms with Gasteiger partial charge in [0.15, 0.2) is 11.5 Å². The molecular weight excluding hydrogens is 288 g/mol. The van der Waals surface area contributed by atoms with E-state index in [1.807, 2.05) is 24.4 Å². The lowest BCUT2D eigenvalue weighted by atomic mass is 10.1. The molecule has 0 radical (unpaired) electrons. The van der Waals surface area contributed by atoms with Gasteiger partial charge in [0.2, 0.25) is 6.79 Å². The van der Waals surface area contributed by atoms with Gasteiger partial charge in [-0.25, -0.2) is 0 Å². The molecular formula is C15H16N2O3S. The summed E-state index contributed by atoms with van der Waals surface area (Å²) in [5, 5.41) is 5.01. The first-order valence-corrected chi connectivity index (χ1v) is 7.60. The van der Waals surface area contributed by atoms with E-state index in [0.29, 0.717) is 22.7 Å². The van der Waals surface area contributed by atoms with E-state index in [0.717, 1.165) is 11.3 Å². The van der Waals surface area contributed by atoms with Crippen molar-refractivity contribution in [2.75, 3.05) is 12.5 Å². The summed E-state index contributed by atoms with van der Waals surface area (Å²) in [5.41, 5.74) is 6.73. The summed E-state index contributed by atoms with van der Waals surface area (Å²) in [7, 11) is 0. The van der Waals surface area contributed by atoms with Gasteiger partial charge in [-0.1, -0.05) is 13.0 Å². The van der Waals surface area contributed by atoms with E-state index in [1.54, 1.807) is 23.5 Å². The molecule has 0 bridgehead atoms. The van der Waals surface area contributed by atoms with Crippen molar-refractivity contribution < 1.29 is 14.3 Å². The number of amides is 1. The van der Waals surface area contributed by atoms with Gasteiger partial charge >= 0.3 is 0 Å². The molecule has 1 aliphatic rings. The van der Waals surface area contributed by atoms with E-state index in [9.17, 15) is 4.79 Å². The molecule has 2 heterocycles. The first-order chi connectivity index (χ1) is 10.2. The Hall–Kier alpha value is -2.21. The van der Waals surface area contributed by atoms with Crippen LogP contribution in [0.2, 0.25) is 0 Å². The summed E-state index contributed by atoms with van der Waals surface area (Å²) in [5.74, 6) is 0.930. The molecule has 5 nitrogen and oxygen atoms in total. The van der Waals surface area contributed by atoms with Crippen LogP contribution in [0, 0.1) is 0 Å². The minimum atomic E-state index is -0.203. The molecule has 1 aromatic carbocycles. The zero-order valence-corrected chi connectivity index (χ0v) is 12.4. The first-order valence-electron chi connectivity index (χ1n) is 6.72. The second kappa shape index (κ2) is 5.65. The van der Waals surface area contributed by atoms with Gasteiger partial charge in [0, 0.05) is 16.6 Å². The van der Waals surface area contributed by atoms with Gasteiger partial charge in [0.1, 0.15) is 0 Å². The highest BCUT2D eigenvalue weighted by Gasteiger charge is 2.21. The number of hydrogen-bond donors (Lipinski definition) is 2. The number of hydrogen-bond acceptors (Lipinski definition) is 5. The van der Waals surface area contributed by atoms with Crippen molar-refractivity contribution in [1.29, 1.82) is 0 Å². The topological polar surface area (TPSA) is 73.6 Å². The number of ether oxygens (including phenoxy) is 2. The van der Waals surface area contributed by atoms with Gasteiger partial charge in [0.25, 0.3) is 5.91 Å². The zero-order valence-electron chi connectivity index (χ0n) is 11.6. The van der Waals surface area contributed by atoms with Gasteiger partial charge in [-0.3, -0.25) is 4.79 Å². The summed E-state index contributed by atoms with van der Waals surface area (Å²) in [4.78, 5) is 13.6. The monoisotopic (exact) mass is 304 g/mol. The molecule has 1 aliphatic heterocycles. The molecule has 1 unspecified atom stereocenters. The lowest BCUT2D eigenvalue weighted by Crippen LogP contribution is -2.28. The summed E-state index contributed by atoms with van der Waals surface area (Å²) >= 11 is 1.63. The van der Waals surface area contributed by atoms with Gasteiger partial charge in [0.05, 0.1) is 11.6 Å². The number of nitrogens with two attached hydrogens (primary N) is 1. The van der Waals surface area contributed by atoms with Crippen LogP contribution in [0.25, 0.3) is 0 Å². The van der Waals surface area contributed by atoms with E-state index >= 15 is 0 Å². The van der Waals surface area contributed by atoms with Crippen LogP contribution in [0.15, 0.2) is 29.6 Å². The van der Waals surface area contributed by atoms with Crippen LogP contribution in [0.4, 0.5) is 5.69 Å². The number of nitrogen functional groups attached to an aromatic ring is 1. The highest BCUT2D eigenvalue weighted by atomic mass is 32.1. The van der Waals surface area contributed by atoms with Crippen molar-refractivity contribution >= 4 is 22.9 Å². The Morgan fingerprint density at radius 1 is 1.43 bits per heavy atom. The molecule has 1 aromatic heterocycles. The Balaban J connectivity index is 1.82. The second-order valence-electron chi connectivity index (χ2n) is 4.74. The lowest BCUT2D eigenvalue weighted by Gasteiger charge is -2.16. The van der Waals surface area contributed by atoms with E-state index < -0.39 is 0 Å². The molecule has 0 saturated carbocycles. The SMILES string of the molecule is CCC(NC(=O)c1cc2c(cc1N)OCO2)c1cccs1. The Morgan fingerprint density at radius 3 is 2.86 bits per heavy atom. The molecule has 0 saturated heterocycles. The van der Waals surface area contributed by atoms with Crippen LogP contribution in [-0.4, -0.2) is 12.7 Å². The number of nitrogens with one attached hydrogen (secondary N) is 1. The fourth-order valence-corrected chi connectivity index (χ4v) is 3.12. The third kappa shape index (κ3) is 2.67. The molecule has 1 atom stereocenters. The van der Waals surface area contributed by atoms with Gasteiger partial charge in [-0.15, -0.1) is 11.3 Å². The quantitative estimate of drug-likeness (QED) is 0.852. The number of thiophene rings is 1. The summed E-state index contributed by atoms with van der Waals surface area (Å²) in [6, 6.07) is 7.24. The lowest BCUT2D eigenvalue weighted by molar-refractivity contribution is 0.0936. The number of benzene rings is 1. The Labute approximate surface area is 126 Å². The standard InChI is InChI=1S/C15H16N2O3S/c1-2-11(14-4-3-5-21-14)17-15(18)9-6-12-13(7-10(9)16)20-8-19-12/h3-7,11H,2,8,16H2,1H3,(H,17,18). The number of fused-ring (bicyclic) bond motifs is 1. The summed E-state index contributed by atoms with van der Waals surface area (Å²) in [6.07, 6.45) is 0.816. The fraction of sp³-hybridized carbons (Fsp3) is 0.267. The van der Waals surface area contributed by atoms with Crippen LogP contribution in [-0.2, 0) is 0 Å². The van der Waals surface area contributed by atoms with Crippen molar-refractivity contribution in [3.63, 3.8) is 0 Å². The van der Waals surface area contributed by atoms with E-state index in [4.69, 9.17) is 15.2 Å². The van der Waals surface area contributed by atoms with Crippen LogP contribution in [0.5, 0.6) is 11.5 Å². The summed E-state index contributed by atoms with van der Waals surface area (Å²) in [6.45, 7) is 2.19. The molecule has 6 heteroatoms. The normalized spacial score (nSPS) is 14.0. The zero-order chi connectivity index (χ0) is 14.8. The van der Waals surface area contributed by atoms with Crippen molar-refractivity contribution in [3.05, 3.63) is 40.1 Å². The maximum Gasteiger partial charge on any atom is 0.254 e.